The van der Waals surface area contributed by atoms with E-state index in [4.69, 9.17) is 5.73 Å². The predicted octanol–water partition coefficient (Wildman–Crippen LogP) is 5.63. The van der Waals surface area contributed by atoms with Crippen LogP contribution in [-0.2, 0) is 6.42 Å². The molecular formula is C22H38N2O2. The molecule has 0 heterocycles. The van der Waals surface area contributed by atoms with E-state index in [2.05, 4.69) is 6.92 Å². The predicted molar refractivity (Wildman–Crippen MR) is 109 cm³/mol. The van der Waals surface area contributed by atoms with Crippen molar-refractivity contribution in [1.82, 2.24) is 4.90 Å². The van der Waals surface area contributed by atoms with E-state index in [9.17, 15) is 9.90 Å². The molecule has 0 aliphatic carbocycles. The second-order valence-electron chi connectivity index (χ2n) is 7.28. The van der Waals surface area contributed by atoms with Crippen LogP contribution in [0.1, 0.15) is 83.1 Å². The number of carbonyl (C=O) groups excluding carboxylic acids is 1. The molecule has 0 saturated carbocycles. The lowest BCUT2D eigenvalue weighted by molar-refractivity contribution is 0.205. The molecule has 0 aromatic heterocycles. The Morgan fingerprint density at radius 3 is 1.88 bits per heavy atom. The lowest BCUT2D eigenvalue weighted by Gasteiger charge is -2.20. The number of benzene rings is 1. The smallest absolute Gasteiger partial charge is 0.314 e. The first kappa shape index (κ1) is 22.3. The van der Waals surface area contributed by atoms with Crippen LogP contribution in [0.3, 0.4) is 0 Å². The number of amides is 2. The average Bonchev–Trinajstić information content (AvgIpc) is 2.63. The summed E-state index contributed by atoms with van der Waals surface area (Å²) in [5, 5.41) is 9.30. The number of urea groups is 1. The molecule has 4 nitrogen and oxygen atoms in total. The van der Waals surface area contributed by atoms with Gasteiger partial charge in [-0.05, 0) is 37.0 Å². The zero-order valence-corrected chi connectivity index (χ0v) is 16.6. The van der Waals surface area contributed by atoms with Crippen LogP contribution >= 0.6 is 0 Å². The van der Waals surface area contributed by atoms with Gasteiger partial charge in [0.1, 0.15) is 5.75 Å². The zero-order chi connectivity index (χ0) is 19.0. The lowest BCUT2D eigenvalue weighted by atomic mass is 10.1. The molecule has 148 valence electrons. The number of nitrogens with two attached hydrogens (primary N) is 1. The molecule has 0 unspecified atom stereocenters. The Bertz CT molecular complexity index is 474. The molecule has 3 N–H and O–H groups in total. The van der Waals surface area contributed by atoms with Gasteiger partial charge in [-0.25, -0.2) is 4.79 Å². The SMILES string of the molecule is CCCCCCCCCCCCN(CCCc1ccc(O)cc1)C(N)=O. The standard InChI is InChI=1S/C22H38N2O2/c1-2-3-4-5-6-7-8-9-10-11-18-24(22(23)26)19-12-13-20-14-16-21(25)17-15-20/h14-17,25H,2-13,18-19H2,1H3,(H2,23,26). The maximum Gasteiger partial charge on any atom is 0.314 e. The fourth-order valence-corrected chi connectivity index (χ4v) is 3.26. The molecule has 2 amide bonds. The highest BCUT2D eigenvalue weighted by Crippen LogP contribution is 2.13. The summed E-state index contributed by atoms with van der Waals surface area (Å²) in [5.41, 5.74) is 6.68. The van der Waals surface area contributed by atoms with E-state index < -0.39 is 0 Å². The van der Waals surface area contributed by atoms with E-state index in [1.165, 1.54) is 63.4 Å². The molecule has 0 saturated heterocycles. The monoisotopic (exact) mass is 362 g/mol. The van der Waals surface area contributed by atoms with Crippen molar-refractivity contribution in [3.63, 3.8) is 0 Å². The maximum atomic E-state index is 11.6. The van der Waals surface area contributed by atoms with Crippen molar-refractivity contribution < 1.29 is 9.90 Å². The van der Waals surface area contributed by atoms with E-state index in [0.29, 0.717) is 6.54 Å². The first-order valence-electron chi connectivity index (χ1n) is 10.5. The highest BCUT2D eigenvalue weighted by molar-refractivity contribution is 5.71. The minimum atomic E-state index is -0.313. The summed E-state index contributed by atoms with van der Waals surface area (Å²) >= 11 is 0. The van der Waals surface area contributed by atoms with E-state index in [-0.39, 0.29) is 11.8 Å². The van der Waals surface area contributed by atoms with Crippen LogP contribution in [0.5, 0.6) is 5.75 Å². The molecule has 26 heavy (non-hydrogen) atoms. The molecule has 0 fully saturated rings. The van der Waals surface area contributed by atoms with Crippen LogP contribution in [0.15, 0.2) is 24.3 Å². The van der Waals surface area contributed by atoms with Gasteiger partial charge in [-0.2, -0.15) is 0 Å². The summed E-state index contributed by atoms with van der Waals surface area (Å²) in [6, 6.07) is 6.93. The number of phenols is 1. The second kappa shape index (κ2) is 14.5. The van der Waals surface area contributed by atoms with Crippen LogP contribution in [0, 0.1) is 0 Å². The van der Waals surface area contributed by atoms with Crippen molar-refractivity contribution in [2.75, 3.05) is 13.1 Å². The molecule has 0 aliphatic heterocycles. The third-order valence-electron chi connectivity index (χ3n) is 4.92. The van der Waals surface area contributed by atoms with Crippen LogP contribution in [0.4, 0.5) is 4.79 Å². The van der Waals surface area contributed by atoms with Gasteiger partial charge in [-0.15, -0.1) is 0 Å². The highest BCUT2D eigenvalue weighted by Gasteiger charge is 2.08. The molecule has 1 aromatic carbocycles. The molecule has 4 heteroatoms. The molecule has 0 atom stereocenters. The zero-order valence-electron chi connectivity index (χ0n) is 16.6. The van der Waals surface area contributed by atoms with Crippen molar-refractivity contribution in [2.45, 2.75) is 84.0 Å². The number of hydrogen-bond acceptors (Lipinski definition) is 2. The fourth-order valence-electron chi connectivity index (χ4n) is 3.26. The van der Waals surface area contributed by atoms with E-state index >= 15 is 0 Å². The van der Waals surface area contributed by atoms with Gasteiger partial charge in [0.2, 0.25) is 0 Å². The van der Waals surface area contributed by atoms with Gasteiger partial charge in [0.05, 0.1) is 0 Å². The van der Waals surface area contributed by atoms with E-state index in [0.717, 1.165) is 25.8 Å². The fraction of sp³-hybridized carbons (Fsp3) is 0.682. The summed E-state index contributed by atoms with van der Waals surface area (Å²) in [5.74, 6) is 0.286. The normalized spacial score (nSPS) is 10.8. The quantitative estimate of drug-likeness (QED) is 0.397. The van der Waals surface area contributed by atoms with Gasteiger partial charge in [0.25, 0.3) is 0 Å². The number of hydrogen-bond donors (Lipinski definition) is 2. The molecule has 0 radical (unpaired) electrons. The van der Waals surface area contributed by atoms with Gasteiger partial charge in [0.15, 0.2) is 0 Å². The number of unbranched alkanes of at least 4 members (excludes halogenated alkanes) is 9. The van der Waals surface area contributed by atoms with Gasteiger partial charge < -0.3 is 15.7 Å². The third-order valence-corrected chi connectivity index (χ3v) is 4.92. The highest BCUT2D eigenvalue weighted by atomic mass is 16.3. The van der Waals surface area contributed by atoms with Crippen molar-refractivity contribution in [2.24, 2.45) is 5.73 Å². The molecule has 0 spiro atoms. The Labute approximate surface area is 159 Å². The first-order chi connectivity index (χ1) is 12.6. The number of phenolic OH excluding ortho intramolecular Hbond substituents is 1. The van der Waals surface area contributed by atoms with Gasteiger partial charge in [-0.1, -0.05) is 76.8 Å². The van der Waals surface area contributed by atoms with Crippen LogP contribution < -0.4 is 5.73 Å². The largest absolute Gasteiger partial charge is 0.508 e. The van der Waals surface area contributed by atoms with Crippen molar-refractivity contribution >= 4 is 6.03 Å². The number of rotatable bonds is 15. The molecule has 0 aliphatic rings. The first-order valence-corrected chi connectivity index (χ1v) is 10.5. The third kappa shape index (κ3) is 11.0. The summed E-state index contributed by atoms with van der Waals surface area (Å²) < 4.78 is 0. The number of aryl methyl sites for hydroxylation is 1. The number of nitrogens with zero attached hydrogens (tertiary/aromatic N) is 1. The molecular weight excluding hydrogens is 324 g/mol. The van der Waals surface area contributed by atoms with Gasteiger partial charge in [-0.3, -0.25) is 0 Å². The Balaban J connectivity index is 2.06. The summed E-state index contributed by atoms with van der Waals surface area (Å²) in [7, 11) is 0. The summed E-state index contributed by atoms with van der Waals surface area (Å²) in [6.45, 7) is 3.72. The Hall–Kier alpha value is -1.71. The summed E-state index contributed by atoms with van der Waals surface area (Å²) in [6.07, 6.45) is 14.7. The Kier molecular flexibility index (Phi) is 12.4. The lowest BCUT2D eigenvalue weighted by Crippen LogP contribution is -2.37. The van der Waals surface area contributed by atoms with Crippen LogP contribution in [0.2, 0.25) is 0 Å². The number of aromatic hydroxyl groups is 1. The minimum Gasteiger partial charge on any atom is -0.508 e. The minimum absolute atomic E-state index is 0.286. The molecule has 1 rings (SSSR count). The topological polar surface area (TPSA) is 66.6 Å². The van der Waals surface area contributed by atoms with Crippen molar-refractivity contribution in [1.29, 1.82) is 0 Å². The molecule has 0 bridgehead atoms. The number of primary amides is 1. The van der Waals surface area contributed by atoms with Crippen molar-refractivity contribution in [3.05, 3.63) is 29.8 Å². The van der Waals surface area contributed by atoms with Gasteiger partial charge >= 0.3 is 6.03 Å². The van der Waals surface area contributed by atoms with E-state index in [1.807, 2.05) is 12.1 Å². The Morgan fingerprint density at radius 1 is 0.846 bits per heavy atom. The van der Waals surface area contributed by atoms with E-state index in [1.54, 1.807) is 17.0 Å². The van der Waals surface area contributed by atoms with Crippen molar-refractivity contribution in [3.8, 4) is 5.75 Å². The van der Waals surface area contributed by atoms with Gasteiger partial charge in [0, 0.05) is 13.1 Å². The Morgan fingerprint density at radius 2 is 1.35 bits per heavy atom. The average molecular weight is 363 g/mol. The van der Waals surface area contributed by atoms with Crippen LogP contribution in [-0.4, -0.2) is 29.1 Å². The number of carbonyl (C=O) groups is 1. The molecule has 1 aromatic rings. The second-order valence-corrected chi connectivity index (χ2v) is 7.28. The maximum absolute atomic E-state index is 11.6. The summed E-state index contributed by atoms with van der Waals surface area (Å²) in [4.78, 5) is 13.4. The van der Waals surface area contributed by atoms with Crippen LogP contribution in [0.25, 0.3) is 0 Å².